The van der Waals surface area contributed by atoms with Gasteiger partial charge in [0.05, 0.1) is 24.2 Å². The first-order valence-electron chi connectivity index (χ1n) is 14.5. The average Bonchev–Trinajstić information content (AvgIpc) is 3.82. The minimum Gasteiger partial charge on any atom is -0.444 e. The highest BCUT2D eigenvalue weighted by atomic mass is 16.6. The van der Waals surface area contributed by atoms with E-state index in [0.29, 0.717) is 43.9 Å². The highest BCUT2D eigenvalue weighted by Crippen LogP contribution is 2.33. The van der Waals surface area contributed by atoms with Gasteiger partial charge in [0.1, 0.15) is 5.60 Å². The van der Waals surface area contributed by atoms with Gasteiger partial charge in [-0.15, -0.1) is 0 Å². The van der Waals surface area contributed by atoms with Gasteiger partial charge in [-0.25, -0.2) is 14.8 Å². The van der Waals surface area contributed by atoms with E-state index in [1.165, 1.54) is 0 Å². The largest absolute Gasteiger partial charge is 0.444 e. The average molecular weight is 573 g/mol. The Morgan fingerprint density at radius 2 is 1.62 bits per heavy atom. The van der Waals surface area contributed by atoms with E-state index >= 15 is 0 Å². The maximum Gasteiger partial charge on any atom is 0.410 e. The minimum atomic E-state index is -0.532. The number of aromatic nitrogens is 3. The van der Waals surface area contributed by atoms with Crippen molar-refractivity contribution in [2.24, 2.45) is 0 Å². The number of carbonyl (C=O) groups is 3. The van der Waals surface area contributed by atoms with E-state index in [9.17, 15) is 14.4 Å². The predicted molar refractivity (Wildman–Crippen MR) is 159 cm³/mol. The van der Waals surface area contributed by atoms with Crippen molar-refractivity contribution in [3.8, 4) is 11.4 Å². The number of likely N-dealkylation sites (tertiary alicyclic amines) is 1. The quantitative estimate of drug-likeness (QED) is 0.418. The lowest BCUT2D eigenvalue weighted by molar-refractivity contribution is -0.120. The highest BCUT2D eigenvalue weighted by Gasteiger charge is 2.40. The van der Waals surface area contributed by atoms with Gasteiger partial charge in [-0.2, -0.15) is 0 Å². The van der Waals surface area contributed by atoms with E-state index in [4.69, 9.17) is 4.74 Å². The van der Waals surface area contributed by atoms with Gasteiger partial charge in [0.25, 0.3) is 5.91 Å². The Kier molecular flexibility index (Phi) is 8.80. The van der Waals surface area contributed by atoms with Crippen LogP contribution in [0, 0.1) is 0 Å². The molecular formula is C32H40N6O4. The first-order chi connectivity index (χ1) is 20.2. The highest BCUT2D eigenvalue weighted by molar-refractivity contribution is 5.94. The molecule has 1 aromatic carbocycles. The molecule has 222 valence electrons. The molecule has 3 heterocycles. The predicted octanol–water partition coefficient (Wildman–Crippen LogP) is 4.65. The molecule has 0 unspecified atom stereocenters. The van der Waals surface area contributed by atoms with Crippen molar-refractivity contribution in [3.05, 3.63) is 77.9 Å². The van der Waals surface area contributed by atoms with Crippen molar-refractivity contribution >= 4 is 17.9 Å². The number of benzene rings is 1. The first kappa shape index (κ1) is 29.2. The molecule has 3 aromatic rings. The zero-order valence-corrected chi connectivity index (χ0v) is 24.5. The van der Waals surface area contributed by atoms with E-state index in [1.807, 2.05) is 68.1 Å². The van der Waals surface area contributed by atoms with Gasteiger partial charge in [0.15, 0.2) is 5.82 Å². The molecule has 1 aliphatic carbocycles. The van der Waals surface area contributed by atoms with Crippen molar-refractivity contribution < 1.29 is 20.5 Å². The summed E-state index contributed by atoms with van der Waals surface area (Å²) < 4.78 is 5.52. The monoisotopic (exact) mass is 572 g/mol. The number of hydrogen-bond acceptors (Lipinski definition) is 7. The Morgan fingerprint density at radius 1 is 0.952 bits per heavy atom. The lowest BCUT2D eigenvalue weighted by Gasteiger charge is -2.39. The van der Waals surface area contributed by atoms with Crippen LogP contribution in [0.5, 0.6) is 0 Å². The van der Waals surface area contributed by atoms with Crippen molar-refractivity contribution in [1.29, 1.82) is 0 Å². The van der Waals surface area contributed by atoms with Gasteiger partial charge in [0.2, 0.25) is 5.91 Å². The summed E-state index contributed by atoms with van der Waals surface area (Å²) in [7, 11) is 0. The molecule has 1 N–H and O–H groups in total. The molecule has 0 spiro atoms. The van der Waals surface area contributed by atoms with E-state index < -0.39 is 5.60 Å². The number of amides is 3. The number of hydrogen-bond donors (Lipinski definition) is 1. The molecule has 2 aliphatic rings. The number of rotatable bonds is 8. The third-order valence-electron chi connectivity index (χ3n) is 7.35. The molecule has 3 amide bonds. The lowest BCUT2D eigenvalue weighted by atomic mass is 10.0. The van der Waals surface area contributed by atoms with Crippen LogP contribution >= 0.6 is 0 Å². The van der Waals surface area contributed by atoms with Gasteiger partial charge in [-0.05, 0) is 64.2 Å². The van der Waals surface area contributed by atoms with Crippen molar-refractivity contribution in [2.75, 3.05) is 13.1 Å². The molecule has 0 radical (unpaired) electrons. The molecule has 10 heteroatoms. The number of pyridine rings is 1. The molecule has 1 saturated heterocycles. The third-order valence-corrected chi connectivity index (χ3v) is 7.35. The normalized spacial score (nSPS) is 15.6. The van der Waals surface area contributed by atoms with Crippen LogP contribution in [0.25, 0.3) is 11.4 Å². The summed E-state index contributed by atoms with van der Waals surface area (Å²) in [4.78, 5) is 55.3. The van der Waals surface area contributed by atoms with Crippen LogP contribution in [-0.2, 0) is 22.5 Å². The van der Waals surface area contributed by atoms with Crippen LogP contribution in [0.2, 0.25) is 0 Å². The molecule has 10 nitrogen and oxygen atoms in total. The molecule has 0 atom stereocenters. The Bertz CT molecular complexity index is 1380. The molecule has 5 rings (SSSR count). The Morgan fingerprint density at radius 3 is 2.21 bits per heavy atom. The van der Waals surface area contributed by atoms with E-state index in [-0.39, 0.29) is 37.8 Å². The van der Waals surface area contributed by atoms with Gasteiger partial charge < -0.3 is 19.9 Å². The second kappa shape index (κ2) is 12.7. The maximum absolute atomic E-state index is 13.6. The SMILES string of the molecule is CC(C)(C)OC(=O)N1CCC(N(C(=O)c2cnc(-c3ccc(CC(=O)NCc4ccccn4)cc3)nc2)C2CC2)CC1.[HH]. The van der Waals surface area contributed by atoms with Crippen molar-refractivity contribution in [3.63, 3.8) is 0 Å². The first-order valence-corrected chi connectivity index (χ1v) is 14.5. The molecule has 2 fully saturated rings. The van der Waals surface area contributed by atoms with E-state index in [0.717, 1.165) is 29.7 Å². The van der Waals surface area contributed by atoms with E-state index in [1.54, 1.807) is 23.5 Å². The van der Waals surface area contributed by atoms with Crippen molar-refractivity contribution in [1.82, 2.24) is 30.1 Å². The second-order valence-electron chi connectivity index (χ2n) is 11.9. The summed E-state index contributed by atoms with van der Waals surface area (Å²) in [6, 6.07) is 13.4. The molecular weight excluding hydrogens is 532 g/mol. The smallest absolute Gasteiger partial charge is 0.410 e. The Labute approximate surface area is 248 Å². The molecule has 2 aromatic heterocycles. The summed E-state index contributed by atoms with van der Waals surface area (Å²) in [6.07, 6.45) is 8.26. The zero-order chi connectivity index (χ0) is 29.7. The Hall–Kier alpha value is -4.34. The summed E-state index contributed by atoms with van der Waals surface area (Å²) in [5.74, 6) is 0.372. The van der Waals surface area contributed by atoms with Crippen LogP contribution in [-0.4, -0.2) is 73.4 Å². The summed E-state index contributed by atoms with van der Waals surface area (Å²) in [6.45, 7) is 7.10. The van der Waals surface area contributed by atoms with Crippen LogP contribution in [0.15, 0.2) is 61.1 Å². The van der Waals surface area contributed by atoms with Crippen LogP contribution < -0.4 is 5.32 Å². The van der Waals surface area contributed by atoms with Crippen LogP contribution in [0.3, 0.4) is 0 Å². The van der Waals surface area contributed by atoms with Crippen molar-refractivity contribution in [2.45, 2.75) is 77.1 Å². The zero-order valence-electron chi connectivity index (χ0n) is 24.5. The van der Waals surface area contributed by atoms with Gasteiger partial charge in [-0.3, -0.25) is 14.6 Å². The number of nitrogens with zero attached hydrogens (tertiary/aromatic N) is 5. The topological polar surface area (TPSA) is 118 Å². The fourth-order valence-corrected chi connectivity index (χ4v) is 5.08. The van der Waals surface area contributed by atoms with Gasteiger partial charge in [-0.1, -0.05) is 30.3 Å². The third kappa shape index (κ3) is 7.69. The molecule has 0 bridgehead atoms. The fourth-order valence-electron chi connectivity index (χ4n) is 5.08. The number of carbonyl (C=O) groups excluding carboxylic acids is 3. The standard InChI is InChI=1S/C32H38N6O4.H2/c1-32(2,3)42-31(41)37-16-13-27(14-17-37)38(26-11-12-26)30(40)24-19-35-29(36-20-24)23-9-7-22(8-10-23)18-28(39)34-21-25-6-4-5-15-33-25;/h4-10,15,19-20,26-27H,11-14,16-18,21H2,1-3H3,(H,34,39);1H. The summed E-state index contributed by atoms with van der Waals surface area (Å²) in [5, 5.41) is 2.89. The number of piperidine rings is 1. The van der Waals surface area contributed by atoms with E-state index in [2.05, 4.69) is 20.3 Å². The lowest BCUT2D eigenvalue weighted by Crippen LogP contribution is -2.50. The van der Waals surface area contributed by atoms with Gasteiger partial charge in [0, 0.05) is 50.8 Å². The minimum absolute atomic E-state index is 0. The van der Waals surface area contributed by atoms with Gasteiger partial charge >= 0.3 is 6.09 Å². The second-order valence-corrected chi connectivity index (χ2v) is 11.9. The summed E-state index contributed by atoms with van der Waals surface area (Å²) in [5.41, 5.74) is 2.42. The van der Waals surface area contributed by atoms with Crippen LogP contribution in [0.4, 0.5) is 4.79 Å². The van der Waals surface area contributed by atoms with Crippen LogP contribution in [0.1, 0.15) is 69.5 Å². The molecule has 1 aliphatic heterocycles. The number of nitrogens with one attached hydrogen (secondary N) is 1. The fraction of sp³-hybridized carbons (Fsp3) is 0.438. The molecule has 1 saturated carbocycles. The number of ether oxygens (including phenoxy) is 1. The molecule has 42 heavy (non-hydrogen) atoms. The summed E-state index contributed by atoms with van der Waals surface area (Å²) >= 11 is 0. The Balaban J connectivity index is 0.00000423. The maximum atomic E-state index is 13.6.